The molecular weight excluding hydrogens is 354 g/mol. The summed E-state index contributed by atoms with van der Waals surface area (Å²) in [6, 6.07) is 4.94. The van der Waals surface area contributed by atoms with Crippen LogP contribution in [0.25, 0.3) is 0 Å². The Labute approximate surface area is 154 Å². The van der Waals surface area contributed by atoms with Crippen molar-refractivity contribution in [2.45, 2.75) is 46.1 Å². The van der Waals surface area contributed by atoms with Crippen molar-refractivity contribution < 1.29 is 17.6 Å². The van der Waals surface area contributed by atoms with E-state index >= 15 is 0 Å². The van der Waals surface area contributed by atoms with Gasteiger partial charge in [0.1, 0.15) is 5.76 Å². The molecule has 0 unspecified atom stereocenters. The second kappa shape index (κ2) is 8.01. The Balaban J connectivity index is 2.15. The van der Waals surface area contributed by atoms with Crippen molar-refractivity contribution in [2.24, 2.45) is 0 Å². The number of oxazole rings is 1. The van der Waals surface area contributed by atoms with Gasteiger partial charge in [0, 0.05) is 13.1 Å². The third kappa shape index (κ3) is 4.31. The monoisotopic (exact) mass is 379 g/mol. The third-order valence-corrected chi connectivity index (χ3v) is 5.70. The van der Waals surface area contributed by atoms with Crippen molar-refractivity contribution in [2.75, 3.05) is 13.1 Å². The van der Waals surface area contributed by atoms with Crippen LogP contribution < -0.4 is 4.72 Å². The fourth-order valence-corrected chi connectivity index (χ4v) is 3.57. The summed E-state index contributed by atoms with van der Waals surface area (Å²) in [5, 5.41) is 0. The molecule has 0 aliphatic carbocycles. The van der Waals surface area contributed by atoms with Crippen LogP contribution in [0.5, 0.6) is 0 Å². The van der Waals surface area contributed by atoms with E-state index in [9.17, 15) is 13.2 Å². The van der Waals surface area contributed by atoms with Crippen molar-refractivity contribution in [1.29, 1.82) is 0 Å². The second-order valence-corrected chi connectivity index (χ2v) is 7.83. The molecule has 8 heteroatoms. The Hall–Kier alpha value is -2.19. The number of hydrogen-bond acceptors (Lipinski definition) is 5. The summed E-state index contributed by atoms with van der Waals surface area (Å²) in [6.45, 7) is 10.2. The van der Waals surface area contributed by atoms with E-state index in [0.717, 1.165) is 11.1 Å². The van der Waals surface area contributed by atoms with Crippen LogP contribution in [0.1, 0.15) is 47.1 Å². The van der Waals surface area contributed by atoms with Gasteiger partial charge in [0.25, 0.3) is 5.91 Å². The Morgan fingerprint density at radius 1 is 1.15 bits per heavy atom. The first-order valence-corrected chi connectivity index (χ1v) is 10.00. The van der Waals surface area contributed by atoms with Crippen molar-refractivity contribution in [1.82, 2.24) is 14.6 Å². The Bertz CT molecular complexity index is 899. The van der Waals surface area contributed by atoms with Gasteiger partial charge in [0.2, 0.25) is 15.9 Å². The van der Waals surface area contributed by atoms with Gasteiger partial charge in [-0.1, -0.05) is 6.07 Å². The lowest BCUT2D eigenvalue weighted by atomic mass is 10.1. The minimum absolute atomic E-state index is 0.123. The van der Waals surface area contributed by atoms with Gasteiger partial charge in [-0.15, -0.1) is 0 Å². The minimum Gasteiger partial charge on any atom is -0.444 e. The first-order valence-electron chi connectivity index (χ1n) is 8.52. The summed E-state index contributed by atoms with van der Waals surface area (Å²) >= 11 is 0. The summed E-state index contributed by atoms with van der Waals surface area (Å²) in [6.07, 6.45) is 0. The molecule has 1 aromatic carbocycles. The quantitative estimate of drug-likeness (QED) is 0.798. The highest BCUT2D eigenvalue weighted by atomic mass is 32.2. The maximum Gasteiger partial charge on any atom is 0.276 e. The van der Waals surface area contributed by atoms with Crippen LogP contribution in [0, 0.1) is 20.8 Å². The Kier molecular flexibility index (Phi) is 6.20. The van der Waals surface area contributed by atoms with Gasteiger partial charge in [-0.2, -0.15) is 0 Å². The van der Waals surface area contributed by atoms with Crippen LogP contribution in [-0.2, 0) is 16.6 Å². The average molecular weight is 379 g/mol. The predicted octanol–water partition coefficient (Wildman–Crippen LogP) is 2.56. The van der Waals surface area contributed by atoms with Gasteiger partial charge in [-0.05, 0) is 57.9 Å². The van der Waals surface area contributed by atoms with Crippen LogP contribution in [0.3, 0.4) is 0 Å². The zero-order valence-corrected chi connectivity index (χ0v) is 16.6. The minimum atomic E-state index is -3.69. The molecule has 0 aliphatic rings. The van der Waals surface area contributed by atoms with E-state index in [2.05, 4.69) is 9.71 Å². The van der Waals surface area contributed by atoms with E-state index in [1.54, 1.807) is 30.0 Å². The molecule has 0 fully saturated rings. The summed E-state index contributed by atoms with van der Waals surface area (Å²) in [5.41, 5.74) is 2.13. The average Bonchev–Trinajstić information content (AvgIpc) is 2.97. The van der Waals surface area contributed by atoms with Crippen LogP contribution in [0.4, 0.5) is 0 Å². The number of rotatable bonds is 7. The molecule has 1 N–H and O–H groups in total. The van der Waals surface area contributed by atoms with Gasteiger partial charge >= 0.3 is 0 Å². The number of sulfonamides is 1. The molecule has 0 saturated carbocycles. The highest BCUT2D eigenvalue weighted by molar-refractivity contribution is 7.89. The number of nitrogens with zero attached hydrogens (tertiary/aromatic N) is 2. The molecule has 0 atom stereocenters. The number of benzene rings is 1. The molecule has 0 radical (unpaired) electrons. The highest BCUT2D eigenvalue weighted by Gasteiger charge is 2.22. The van der Waals surface area contributed by atoms with E-state index in [1.165, 1.54) is 0 Å². The smallest absolute Gasteiger partial charge is 0.276 e. The molecule has 0 bridgehead atoms. The maximum atomic E-state index is 12.4. The van der Waals surface area contributed by atoms with Gasteiger partial charge in [-0.25, -0.2) is 18.1 Å². The van der Waals surface area contributed by atoms with Gasteiger partial charge in [-0.3, -0.25) is 4.79 Å². The van der Waals surface area contributed by atoms with E-state index in [4.69, 9.17) is 4.42 Å². The molecule has 142 valence electrons. The number of carbonyl (C=O) groups is 1. The van der Waals surface area contributed by atoms with Crippen molar-refractivity contribution in [3.8, 4) is 0 Å². The van der Waals surface area contributed by atoms with Crippen LogP contribution in [0.2, 0.25) is 0 Å². The molecule has 7 nitrogen and oxygen atoms in total. The highest BCUT2D eigenvalue weighted by Crippen LogP contribution is 2.16. The molecule has 26 heavy (non-hydrogen) atoms. The van der Waals surface area contributed by atoms with E-state index in [0.29, 0.717) is 18.8 Å². The third-order valence-electron chi connectivity index (χ3n) is 4.30. The van der Waals surface area contributed by atoms with Gasteiger partial charge < -0.3 is 9.32 Å². The number of aryl methyl sites for hydroxylation is 3. The molecule has 1 aromatic heterocycles. The maximum absolute atomic E-state index is 12.4. The molecule has 0 aliphatic heterocycles. The molecular formula is C18H25N3O4S. The van der Waals surface area contributed by atoms with E-state index in [-0.39, 0.29) is 28.9 Å². The number of hydrogen-bond donors (Lipinski definition) is 1. The van der Waals surface area contributed by atoms with Crippen molar-refractivity contribution >= 4 is 15.9 Å². The SMILES string of the molecule is CCN(CC)C(=O)c1nc(CNS(=O)(=O)c2ccc(C)c(C)c2)oc1C. The van der Waals surface area contributed by atoms with Crippen LogP contribution in [0.15, 0.2) is 27.5 Å². The standard InChI is InChI=1S/C18H25N3O4S/c1-6-21(7-2)18(22)17-14(5)25-16(20-17)11-19-26(23,24)15-9-8-12(3)13(4)10-15/h8-10,19H,6-7,11H2,1-5H3. The summed E-state index contributed by atoms with van der Waals surface area (Å²) in [5.74, 6) is 0.312. The number of aromatic nitrogens is 1. The number of amides is 1. The molecule has 0 saturated heterocycles. The van der Waals surface area contributed by atoms with Gasteiger partial charge in [0.05, 0.1) is 11.4 Å². The lowest BCUT2D eigenvalue weighted by Crippen LogP contribution is -2.31. The lowest BCUT2D eigenvalue weighted by Gasteiger charge is -2.16. The normalized spacial score (nSPS) is 11.6. The van der Waals surface area contributed by atoms with Crippen molar-refractivity contribution in [3.05, 3.63) is 46.7 Å². The van der Waals surface area contributed by atoms with Crippen molar-refractivity contribution in [3.63, 3.8) is 0 Å². The zero-order chi connectivity index (χ0) is 19.5. The first-order chi connectivity index (χ1) is 12.2. The van der Waals surface area contributed by atoms with Gasteiger partial charge in [0.15, 0.2) is 5.69 Å². The van der Waals surface area contributed by atoms with Crippen LogP contribution >= 0.6 is 0 Å². The summed E-state index contributed by atoms with van der Waals surface area (Å²) < 4.78 is 32.8. The van der Waals surface area contributed by atoms with Crippen LogP contribution in [-0.4, -0.2) is 37.3 Å². The molecule has 1 amide bonds. The Morgan fingerprint density at radius 2 is 1.81 bits per heavy atom. The molecule has 2 rings (SSSR count). The number of nitrogens with one attached hydrogen (secondary N) is 1. The lowest BCUT2D eigenvalue weighted by molar-refractivity contribution is 0.0766. The molecule has 1 heterocycles. The zero-order valence-electron chi connectivity index (χ0n) is 15.8. The number of carbonyl (C=O) groups excluding carboxylic acids is 1. The molecule has 2 aromatic rings. The summed E-state index contributed by atoms with van der Waals surface area (Å²) in [4.78, 5) is 18.4. The first kappa shape index (κ1) is 20.1. The summed E-state index contributed by atoms with van der Waals surface area (Å²) in [7, 11) is -3.69. The largest absolute Gasteiger partial charge is 0.444 e. The topological polar surface area (TPSA) is 92.5 Å². The predicted molar refractivity (Wildman–Crippen MR) is 98.4 cm³/mol. The fraction of sp³-hybridized carbons (Fsp3) is 0.444. The fourth-order valence-electron chi connectivity index (χ4n) is 2.51. The van der Waals surface area contributed by atoms with E-state index in [1.807, 2.05) is 27.7 Å². The van der Waals surface area contributed by atoms with E-state index < -0.39 is 10.0 Å². The Morgan fingerprint density at radius 3 is 2.38 bits per heavy atom. The molecule has 0 spiro atoms. The second-order valence-electron chi connectivity index (χ2n) is 6.06.